The summed E-state index contributed by atoms with van der Waals surface area (Å²) in [7, 11) is -0.304. The highest BCUT2D eigenvalue weighted by Gasteiger charge is 2.24. The van der Waals surface area contributed by atoms with Crippen molar-refractivity contribution in [2.45, 2.75) is 44.7 Å². The maximum absolute atomic E-state index is 12.6. The zero-order valence-electron chi connectivity index (χ0n) is 13.4. The summed E-state index contributed by atoms with van der Waals surface area (Å²) in [5.41, 5.74) is 0.898. The van der Waals surface area contributed by atoms with Crippen molar-refractivity contribution < 1.29 is 13.2 Å². The van der Waals surface area contributed by atoms with E-state index in [1.54, 1.807) is 12.1 Å². The standard InChI is InChI=1S/C15H26N2O3S/c1-6-11(2)12(3)17-21(18,19)15-9-13(10-16-4)7-8-14(15)20-5/h7-9,11-12,16-17H,6,10H2,1-5H3. The van der Waals surface area contributed by atoms with E-state index in [0.717, 1.165) is 12.0 Å². The molecule has 2 atom stereocenters. The molecule has 120 valence electrons. The molecule has 0 aliphatic rings. The Morgan fingerprint density at radius 1 is 1.29 bits per heavy atom. The Kier molecular flexibility index (Phi) is 6.64. The summed E-state index contributed by atoms with van der Waals surface area (Å²) in [6, 6.07) is 5.07. The third kappa shape index (κ3) is 4.69. The average molecular weight is 314 g/mol. The van der Waals surface area contributed by atoms with Crippen molar-refractivity contribution in [2.24, 2.45) is 5.92 Å². The van der Waals surface area contributed by atoms with Crippen molar-refractivity contribution in [1.29, 1.82) is 0 Å². The molecule has 1 aromatic carbocycles. The number of nitrogens with one attached hydrogen (secondary N) is 2. The lowest BCUT2D eigenvalue weighted by Crippen LogP contribution is -2.37. The minimum atomic E-state index is -3.60. The van der Waals surface area contributed by atoms with E-state index in [9.17, 15) is 8.42 Å². The minimum Gasteiger partial charge on any atom is -0.495 e. The van der Waals surface area contributed by atoms with Crippen LogP contribution in [0.15, 0.2) is 23.1 Å². The van der Waals surface area contributed by atoms with Crippen molar-refractivity contribution in [3.05, 3.63) is 23.8 Å². The predicted octanol–water partition coefficient (Wildman–Crippen LogP) is 2.13. The first-order valence-electron chi connectivity index (χ1n) is 7.19. The van der Waals surface area contributed by atoms with Gasteiger partial charge in [0.05, 0.1) is 7.11 Å². The van der Waals surface area contributed by atoms with Crippen LogP contribution in [0, 0.1) is 5.92 Å². The van der Waals surface area contributed by atoms with Crippen LogP contribution in [-0.2, 0) is 16.6 Å². The van der Waals surface area contributed by atoms with Crippen molar-refractivity contribution in [3.63, 3.8) is 0 Å². The van der Waals surface area contributed by atoms with Crippen molar-refractivity contribution >= 4 is 10.0 Å². The van der Waals surface area contributed by atoms with E-state index >= 15 is 0 Å². The molecule has 0 aromatic heterocycles. The fraction of sp³-hybridized carbons (Fsp3) is 0.600. The Bertz CT molecular complexity index is 558. The lowest BCUT2D eigenvalue weighted by atomic mass is 10.0. The van der Waals surface area contributed by atoms with E-state index in [2.05, 4.69) is 10.0 Å². The van der Waals surface area contributed by atoms with E-state index in [-0.39, 0.29) is 16.9 Å². The Balaban J connectivity index is 3.13. The summed E-state index contributed by atoms with van der Waals surface area (Å²) in [6.07, 6.45) is 0.917. The molecule has 2 N–H and O–H groups in total. The second-order valence-corrected chi connectivity index (χ2v) is 6.99. The second kappa shape index (κ2) is 7.77. The molecule has 0 aliphatic carbocycles. The number of rotatable bonds is 8. The molecule has 0 fully saturated rings. The van der Waals surface area contributed by atoms with Crippen LogP contribution in [0.4, 0.5) is 0 Å². The first-order chi connectivity index (χ1) is 9.85. The van der Waals surface area contributed by atoms with E-state index in [4.69, 9.17) is 4.74 Å². The molecule has 0 bridgehead atoms. The molecule has 5 nitrogen and oxygen atoms in total. The summed E-state index contributed by atoms with van der Waals surface area (Å²) in [5.74, 6) is 0.630. The van der Waals surface area contributed by atoms with Gasteiger partial charge in [-0.25, -0.2) is 13.1 Å². The molecule has 0 amide bonds. The SMILES string of the molecule is CCC(C)C(C)NS(=O)(=O)c1cc(CNC)ccc1OC. The molecular formula is C15H26N2O3S. The molecule has 2 unspecified atom stereocenters. The third-order valence-electron chi connectivity index (χ3n) is 3.74. The van der Waals surface area contributed by atoms with Gasteiger partial charge in [0.15, 0.2) is 0 Å². The zero-order chi connectivity index (χ0) is 16.0. The van der Waals surface area contributed by atoms with Gasteiger partial charge in [0.25, 0.3) is 0 Å². The van der Waals surface area contributed by atoms with Gasteiger partial charge in [-0.05, 0) is 37.6 Å². The van der Waals surface area contributed by atoms with Gasteiger partial charge in [-0.15, -0.1) is 0 Å². The fourth-order valence-electron chi connectivity index (χ4n) is 2.02. The first kappa shape index (κ1) is 17.9. The molecule has 21 heavy (non-hydrogen) atoms. The number of ether oxygens (including phenoxy) is 1. The zero-order valence-corrected chi connectivity index (χ0v) is 14.3. The molecule has 0 aliphatic heterocycles. The molecule has 0 saturated heterocycles. The molecule has 1 rings (SSSR count). The number of hydrogen-bond acceptors (Lipinski definition) is 4. The number of hydrogen-bond donors (Lipinski definition) is 2. The predicted molar refractivity (Wildman–Crippen MR) is 85.0 cm³/mol. The summed E-state index contributed by atoms with van der Waals surface area (Å²) < 4.78 is 33.1. The van der Waals surface area contributed by atoms with Crippen LogP contribution >= 0.6 is 0 Å². The normalized spacial score (nSPS) is 14.7. The van der Waals surface area contributed by atoms with E-state index in [0.29, 0.717) is 12.3 Å². The summed E-state index contributed by atoms with van der Waals surface area (Å²) in [5, 5.41) is 3.01. The highest BCUT2D eigenvalue weighted by molar-refractivity contribution is 7.89. The van der Waals surface area contributed by atoms with Crippen LogP contribution in [0.5, 0.6) is 5.75 Å². The van der Waals surface area contributed by atoms with E-state index < -0.39 is 10.0 Å². The van der Waals surface area contributed by atoms with Gasteiger partial charge in [0, 0.05) is 12.6 Å². The third-order valence-corrected chi connectivity index (χ3v) is 5.32. The maximum Gasteiger partial charge on any atom is 0.244 e. The number of benzene rings is 1. The smallest absolute Gasteiger partial charge is 0.244 e. The van der Waals surface area contributed by atoms with Crippen LogP contribution in [-0.4, -0.2) is 28.6 Å². The van der Waals surface area contributed by atoms with Gasteiger partial charge >= 0.3 is 0 Å². The van der Waals surface area contributed by atoms with Crippen LogP contribution in [0.3, 0.4) is 0 Å². The lowest BCUT2D eigenvalue weighted by Gasteiger charge is -2.21. The van der Waals surface area contributed by atoms with Crippen LogP contribution in [0.2, 0.25) is 0 Å². The monoisotopic (exact) mass is 314 g/mol. The quantitative estimate of drug-likeness (QED) is 0.771. The second-order valence-electron chi connectivity index (χ2n) is 5.31. The highest BCUT2D eigenvalue weighted by Crippen LogP contribution is 2.25. The van der Waals surface area contributed by atoms with Gasteiger partial charge in [-0.1, -0.05) is 26.3 Å². The molecule has 0 radical (unpaired) electrons. The molecule has 0 saturated carbocycles. The summed E-state index contributed by atoms with van der Waals surface area (Å²) >= 11 is 0. The van der Waals surface area contributed by atoms with Crippen molar-refractivity contribution in [1.82, 2.24) is 10.0 Å². The van der Waals surface area contributed by atoms with E-state index in [1.165, 1.54) is 7.11 Å². The molecule has 0 spiro atoms. The van der Waals surface area contributed by atoms with E-state index in [1.807, 2.05) is 33.9 Å². The molecular weight excluding hydrogens is 288 g/mol. The van der Waals surface area contributed by atoms with Crippen molar-refractivity contribution in [2.75, 3.05) is 14.2 Å². The fourth-order valence-corrected chi connectivity index (χ4v) is 3.59. The topological polar surface area (TPSA) is 67.4 Å². The van der Waals surface area contributed by atoms with Gasteiger partial charge < -0.3 is 10.1 Å². The van der Waals surface area contributed by atoms with Gasteiger partial charge in [-0.2, -0.15) is 0 Å². The Morgan fingerprint density at radius 3 is 2.48 bits per heavy atom. The number of methoxy groups -OCH3 is 1. The molecule has 0 heterocycles. The Labute approximate surface area is 128 Å². The van der Waals surface area contributed by atoms with Gasteiger partial charge in [0.2, 0.25) is 10.0 Å². The summed E-state index contributed by atoms with van der Waals surface area (Å²) in [6.45, 7) is 6.56. The Hall–Kier alpha value is -1.11. The Morgan fingerprint density at radius 2 is 1.95 bits per heavy atom. The van der Waals surface area contributed by atoms with Crippen LogP contribution in [0.25, 0.3) is 0 Å². The average Bonchev–Trinajstić information content (AvgIpc) is 2.46. The number of sulfonamides is 1. The molecule has 6 heteroatoms. The minimum absolute atomic E-state index is 0.127. The first-order valence-corrected chi connectivity index (χ1v) is 8.67. The maximum atomic E-state index is 12.6. The highest BCUT2D eigenvalue weighted by atomic mass is 32.2. The largest absolute Gasteiger partial charge is 0.495 e. The lowest BCUT2D eigenvalue weighted by molar-refractivity contribution is 0.399. The molecule has 1 aromatic rings. The summed E-state index contributed by atoms with van der Waals surface area (Å²) in [4.78, 5) is 0.188. The van der Waals surface area contributed by atoms with Crippen LogP contribution in [0.1, 0.15) is 32.8 Å². The van der Waals surface area contributed by atoms with Crippen LogP contribution < -0.4 is 14.8 Å². The van der Waals surface area contributed by atoms with Gasteiger partial charge in [0.1, 0.15) is 10.6 Å². The van der Waals surface area contributed by atoms with Gasteiger partial charge in [-0.3, -0.25) is 0 Å². The van der Waals surface area contributed by atoms with Crippen molar-refractivity contribution in [3.8, 4) is 5.75 Å².